The molecule has 1 aliphatic carbocycles. The fourth-order valence-electron chi connectivity index (χ4n) is 3.31. The summed E-state index contributed by atoms with van der Waals surface area (Å²) < 4.78 is 25.4. The van der Waals surface area contributed by atoms with Gasteiger partial charge in [-0.25, -0.2) is 13.1 Å². The molecule has 1 rings (SSSR count). The maximum Gasteiger partial charge on any atom is 0.209 e. The maximum absolute atomic E-state index is 11.4. The van der Waals surface area contributed by atoms with Crippen LogP contribution in [-0.2, 0) is 10.0 Å². The summed E-state index contributed by atoms with van der Waals surface area (Å²) in [7, 11) is -3.16. The van der Waals surface area contributed by atoms with Crippen molar-refractivity contribution in [3.63, 3.8) is 0 Å². The number of rotatable bonds is 5. The smallest absolute Gasteiger partial charge is 0.209 e. The fourth-order valence-corrected chi connectivity index (χ4v) is 4.39. The van der Waals surface area contributed by atoms with E-state index >= 15 is 0 Å². The Bertz CT molecular complexity index is 424. The van der Waals surface area contributed by atoms with Gasteiger partial charge in [0.05, 0.1) is 6.26 Å². The van der Waals surface area contributed by atoms with Crippen LogP contribution in [0.4, 0.5) is 0 Å². The Kier molecular flexibility index (Phi) is 6.28. The minimum atomic E-state index is -3.16. The molecular formula is C16H34N2O2S. The standard InChI is InChI=1S/C16H34N2O2S/c1-15(2,3)13-8-7-9-14(11-10-13)17-12-16(4,5)18-21(6,19)20/h13-14,17-18H,7-12H2,1-6H3. The van der Waals surface area contributed by atoms with E-state index in [1.807, 2.05) is 13.8 Å². The second-order valence-electron chi connectivity index (χ2n) is 8.41. The highest BCUT2D eigenvalue weighted by atomic mass is 32.2. The second kappa shape index (κ2) is 6.97. The van der Waals surface area contributed by atoms with E-state index in [0.29, 0.717) is 18.0 Å². The van der Waals surface area contributed by atoms with Crippen LogP contribution in [0.25, 0.3) is 0 Å². The molecule has 0 heterocycles. The Morgan fingerprint density at radius 2 is 1.62 bits per heavy atom. The summed E-state index contributed by atoms with van der Waals surface area (Å²) in [5.74, 6) is 0.798. The van der Waals surface area contributed by atoms with Crippen LogP contribution >= 0.6 is 0 Å². The van der Waals surface area contributed by atoms with E-state index in [1.54, 1.807) is 0 Å². The molecule has 0 aromatic carbocycles. The molecule has 2 atom stereocenters. The Labute approximate surface area is 131 Å². The zero-order valence-corrected chi connectivity index (χ0v) is 15.4. The zero-order chi connectivity index (χ0) is 16.3. The minimum Gasteiger partial charge on any atom is -0.312 e. The zero-order valence-electron chi connectivity index (χ0n) is 14.6. The van der Waals surface area contributed by atoms with Gasteiger partial charge in [0.25, 0.3) is 0 Å². The lowest BCUT2D eigenvalue weighted by atomic mass is 9.76. The summed E-state index contributed by atoms with van der Waals surface area (Å²) in [4.78, 5) is 0. The van der Waals surface area contributed by atoms with Crippen LogP contribution in [-0.4, -0.2) is 32.8 Å². The number of sulfonamides is 1. The van der Waals surface area contributed by atoms with Crippen molar-refractivity contribution in [1.29, 1.82) is 0 Å². The molecule has 2 N–H and O–H groups in total. The Balaban J connectivity index is 2.46. The molecule has 126 valence electrons. The molecule has 4 nitrogen and oxygen atoms in total. The normalized spacial score (nSPS) is 25.6. The van der Waals surface area contributed by atoms with E-state index in [1.165, 1.54) is 38.4 Å². The summed E-state index contributed by atoms with van der Waals surface area (Å²) in [6.07, 6.45) is 7.44. The average molecular weight is 319 g/mol. The lowest BCUT2D eigenvalue weighted by molar-refractivity contribution is 0.213. The van der Waals surface area contributed by atoms with Crippen LogP contribution in [0.5, 0.6) is 0 Å². The summed E-state index contributed by atoms with van der Waals surface area (Å²) in [5, 5.41) is 3.57. The predicted octanol–water partition coefficient (Wildman–Crippen LogP) is 2.90. The molecule has 0 aromatic rings. The van der Waals surface area contributed by atoms with Crippen LogP contribution < -0.4 is 10.0 Å². The third kappa shape index (κ3) is 7.61. The Hall–Kier alpha value is -0.130. The van der Waals surface area contributed by atoms with E-state index in [2.05, 4.69) is 30.8 Å². The average Bonchev–Trinajstić information content (AvgIpc) is 2.47. The third-order valence-corrected chi connectivity index (χ3v) is 5.41. The van der Waals surface area contributed by atoms with E-state index in [0.717, 1.165) is 5.92 Å². The van der Waals surface area contributed by atoms with E-state index in [9.17, 15) is 8.42 Å². The van der Waals surface area contributed by atoms with Crippen molar-refractivity contribution in [3.8, 4) is 0 Å². The third-order valence-electron chi connectivity index (χ3n) is 4.49. The Morgan fingerprint density at radius 1 is 1.00 bits per heavy atom. The van der Waals surface area contributed by atoms with Crippen LogP contribution in [0, 0.1) is 11.3 Å². The summed E-state index contributed by atoms with van der Waals surface area (Å²) in [6.45, 7) is 11.5. The monoisotopic (exact) mass is 318 g/mol. The van der Waals surface area contributed by atoms with Gasteiger partial charge in [-0.2, -0.15) is 0 Å². The Morgan fingerprint density at radius 3 is 2.14 bits per heavy atom. The largest absolute Gasteiger partial charge is 0.312 e. The molecule has 0 spiro atoms. The SMILES string of the molecule is CC(C)(CNC1CCCC(C(C)(C)C)CC1)NS(C)(=O)=O. The first-order valence-corrected chi connectivity index (χ1v) is 10.0. The molecule has 1 fully saturated rings. The molecule has 21 heavy (non-hydrogen) atoms. The van der Waals surface area contributed by atoms with E-state index in [-0.39, 0.29) is 0 Å². The van der Waals surface area contributed by atoms with Crippen molar-refractivity contribution in [3.05, 3.63) is 0 Å². The van der Waals surface area contributed by atoms with Gasteiger partial charge in [-0.15, -0.1) is 0 Å². The first-order valence-electron chi connectivity index (χ1n) is 8.11. The molecule has 0 saturated heterocycles. The highest BCUT2D eigenvalue weighted by molar-refractivity contribution is 7.88. The number of hydrogen-bond donors (Lipinski definition) is 2. The molecule has 0 amide bonds. The van der Waals surface area contributed by atoms with Crippen molar-refractivity contribution in [1.82, 2.24) is 10.0 Å². The van der Waals surface area contributed by atoms with Gasteiger partial charge in [0.1, 0.15) is 0 Å². The highest BCUT2D eigenvalue weighted by Gasteiger charge is 2.29. The van der Waals surface area contributed by atoms with Crippen molar-refractivity contribution in [2.24, 2.45) is 11.3 Å². The molecular weight excluding hydrogens is 284 g/mol. The van der Waals surface area contributed by atoms with Gasteiger partial charge in [-0.1, -0.05) is 27.2 Å². The topological polar surface area (TPSA) is 58.2 Å². The van der Waals surface area contributed by atoms with Gasteiger partial charge < -0.3 is 5.32 Å². The van der Waals surface area contributed by atoms with E-state index in [4.69, 9.17) is 0 Å². The van der Waals surface area contributed by atoms with Gasteiger partial charge in [-0.05, 0) is 50.9 Å². The quantitative estimate of drug-likeness (QED) is 0.766. The van der Waals surface area contributed by atoms with Crippen molar-refractivity contribution < 1.29 is 8.42 Å². The minimum absolute atomic E-state index is 0.395. The molecule has 0 aromatic heterocycles. The van der Waals surface area contributed by atoms with Gasteiger partial charge in [0, 0.05) is 18.1 Å². The molecule has 1 saturated carbocycles. The lowest BCUT2D eigenvalue weighted by Gasteiger charge is -2.30. The fraction of sp³-hybridized carbons (Fsp3) is 1.00. The summed E-state index contributed by atoms with van der Waals surface area (Å²) in [5.41, 5.74) is -0.0463. The first-order chi connectivity index (χ1) is 9.39. The first kappa shape index (κ1) is 18.9. The molecule has 0 radical (unpaired) electrons. The van der Waals surface area contributed by atoms with Gasteiger partial charge in [0.2, 0.25) is 10.0 Å². The highest BCUT2D eigenvalue weighted by Crippen LogP contribution is 2.36. The second-order valence-corrected chi connectivity index (χ2v) is 10.2. The molecule has 0 bridgehead atoms. The molecule has 0 aliphatic heterocycles. The maximum atomic E-state index is 11.4. The van der Waals surface area contributed by atoms with E-state index < -0.39 is 15.6 Å². The number of nitrogens with one attached hydrogen (secondary N) is 2. The van der Waals surface area contributed by atoms with Gasteiger partial charge in [0.15, 0.2) is 0 Å². The molecule has 5 heteroatoms. The van der Waals surface area contributed by atoms with Gasteiger partial charge >= 0.3 is 0 Å². The molecule has 1 aliphatic rings. The summed E-state index contributed by atoms with van der Waals surface area (Å²) >= 11 is 0. The van der Waals surface area contributed by atoms with Crippen LogP contribution in [0.1, 0.15) is 66.7 Å². The van der Waals surface area contributed by atoms with Crippen LogP contribution in [0.3, 0.4) is 0 Å². The lowest BCUT2D eigenvalue weighted by Crippen LogP contribution is -2.51. The number of hydrogen-bond acceptors (Lipinski definition) is 3. The predicted molar refractivity (Wildman–Crippen MR) is 89.9 cm³/mol. The van der Waals surface area contributed by atoms with Crippen LogP contribution in [0.2, 0.25) is 0 Å². The van der Waals surface area contributed by atoms with Crippen molar-refractivity contribution in [2.75, 3.05) is 12.8 Å². The van der Waals surface area contributed by atoms with Gasteiger partial charge in [-0.3, -0.25) is 0 Å². The summed E-state index contributed by atoms with van der Waals surface area (Å²) in [6, 6.07) is 0.512. The molecule has 2 unspecified atom stereocenters. The van der Waals surface area contributed by atoms with Crippen LogP contribution in [0.15, 0.2) is 0 Å². The van der Waals surface area contributed by atoms with Crippen molar-refractivity contribution >= 4 is 10.0 Å². The van der Waals surface area contributed by atoms with Crippen molar-refractivity contribution in [2.45, 2.75) is 78.3 Å².